The average Bonchev–Trinajstić information content (AvgIpc) is 2.96. The largest absolute Gasteiger partial charge is 0.359 e. The molecule has 0 atom stereocenters. The standard InChI is InChI=1S/C11H20N2S/c1-3-11(4-2)8-14-10(13-11)12-7-9-5-6-9/h9H,3-8H2,1-2H3,(H,12,13). The third kappa shape index (κ3) is 2.25. The van der Waals surface area contributed by atoms with Crippen LogP contribution in [0.25, 0.3) is 0 Å². The SMILES string of the molecule is CCC1(CC)CSC(=NCC2CC2)N1. The third-order valence-corrected chi connectivity index (χ3v) is 4.60. The van der Waals surface area contributed by atoms with Gasteiger partial charge in [-0.2, -0.15) is 0 Å². The molecule has 0 unspecified atom stereocenters. The molecule has 14 heavy (non-hydrogen) atoms. The minimum atomic E-state index is 0.340. The second kappa shape index (κ2) is 4.13. The Morgan fingerprint density at radius 1 is 1.43 bits per heavy atom. The lowest BCUT2D eigenvalue weighted by Gasteiger charge is -2.25. The van der Waals surface area contributed by atoms with Crippen LogP contribution in [0.15, 0.2) is 4.99 Å². The molecule has 0 bridgehead atoms. The van der Waals surface area contributed by atoms with Gasteiger partial charge in [0.2, 0.25) is 0 Å². The summed E-state index contributed by atoms with van der Waals surface area (Å²) in [5.74, 6) is 2.10. The molecule has 1 aliphatic heterocycles. The number of nitrogens with one attached hydrogen (secondary N) is 1. The molecule has 1 heterocycles. The molecule has 0 radical (unpaired) electrons. The van der Waals surface area contributed by atoms with E-state index in [0.717, 1.165) is 12.5 Å². The Hall–Kier alpha value is -0.180. The van der Waals surface area contributed by atoms with Crippen LogP contribution in [0.5, 0.6) is 0 Å². The number of thioether (sulfide) groups is 1. The first kappa shape index (κ1) is 10.3. The van der Waals surface area contributed by atoms with Gasteiger partial charge in [-0.1, -0.05) is 25.6 Å². The molecule has 0 aromatic heterocycles. The van der Waals surface area contributed by atoms with Crippen molar-refractivity contribution in [1.82, 2.24) is 5.32 Å². The van der Waals surface area contributed by atoms with Gasteiger partial charge in [0.05, 0.1) is 0 Å². The molecule has 0 aromatic rings. The number of hydrogen-bond acceptors (Lipinski definition) is 2. The van der Waals surface area contributed by atoms with Crippen molar-refractivity contribution < 1.29 is 0 Å². The first-order chi connectivity index (χ1) is 6.78. The highest BCUT2D eigenvalue weighted by Gasteiger charge is 2.34. The number of hydrogen-bond donors (Lipinski definition) is 1. The van der Waals surface area contributed by atoms with Gasteiger partial charge >= 0.3 is 0 Å². The smallest absolute Gasteiger partial charge is 0.157 e. The van der Waals surface area contributed by atoms with Gasteiger partial charge in [0, 0.05) is 17.8 Å². The van der Waals surface area contributed by atoms with Crippen molar-refractivity contribution >= 4 is 16.9 Å². The predicted octanol–water partition coefficient (Wildman–Crippen LogP) is 2.65. The first-order valence-electron chi connectivity index (χ1n) is 5.73. The lowest BCUT2D eigenvalue weighted by molar-refractivity contribution is 0.407. The van der Waals surface area contributed by atoms with Crippen LogP contribution in [0.1, 0.15) is 39.5 Å². The number of amidine groups is 1. The molecule has 0 spiro atoms. The zero-order chi connectivity index (χ0) is 10.0. The van der Waals surface area contributed by atoms with Gasteiger partial charge in [-0.3, -0.25) is 4.99 Å². The van der Waals surface area contributed by atoms with Crippen molar-refractivity contribution in [2.24, 2.45) is 10.9 Å². The zero-order valence-corrected chi connectivity index (χ0v) is 9.99. The monoisotopic (exact) mass is 212 g/mol. The van der Waals surface area contributed by atoms with Crippen LogP contribution < -0.4 is 5.32 Å². The van der Waals surface area contributed by atoms with Gasteiger partial charge < -0.3 is 5.32 Å². The van der Waals surface area contributed by atoms with E-state index in [1.165, 1.54) is 36.6 Å². The van der Waals surface area contributed by atoms with Gasteiger partial charge in [-0.05, 0) is 31.6 Å². The maximum absolute atomic E-state index is 4.64. The fourth-order valence-electron chi connectivity index (χ4n) is 1.73. The summed E-state index contributed by atoms with van der Waals surface area (Å²) in [5, 5.41) is 4.79. The number of aliphatic imine (C=N–C) groups is 1. The van der Waals surface area contributed by atoms with Crippen LogP contribution in [0.3, 0.4) is 0 Å². The molecule has 2 nitrogen and oxygen atoms in total. The number of nitrogens with zero attached hydrogens (tertiary/aromatic N) is 1. The van der Waals surface area contributed by atoms with Gasteiger partial charge in [0.1, 0.15) is 0 Å². The van der Waals surface area contributed by atoms with Crippen LogP contribution in [0.4, 0.5) is 0 Å². The molecular formula is C11H20N2S. The van der Waals surface area contributed by atoms with Crippen molar-refractivity contribution in [2.75, 3.05) is 12.3 Å². The molecule has 1 N–H and O–H groups in total. The summed E-state index contributed by atoms with van der Waals surface area (Å²) in [7, 11) is 0. The molecule has 3 heteroatoms. The van der Waals surface area contributed by atoms with Crippen molar-refractivity contribution in [2.45, 2.75) is 45.1 Å². The Morgan fingerprint density at radius 3 is 2.64 bits per heavy atom. The molecule has 2 fully saturated rings. The fraction of sp³-hybridized carbons (Fsp3) is 0.909. The molecule has 1 saturated carbocycles. The molecule has 0 aromatic carbocycles. The maximum atomic E-state index is 4.64. The zero-order valence-electron chi connectivity index (χ0n) is 9.18. The second-order valence-corrected chi connectivity index (χ2v) is 5.45. The molecule has 2 aliphatic rings. The quantitative estimate of drug-likeness (QED) is 0.775. The van der Waals surface area contributed by atoms with Gasteiger partial charge in [0.15, 0.2) is 5.17 Å². The van der Waals surface area contributed by atoms with E-state index < -0.39 is 0 Å². The Bertz CT molecular complexity index is 229. The minimum absolute atomic E-state index is 0.340. The molecule has 2 rings (SSSR count). The predicted molar refractivity (Wildman–Crippen MR) is 63.9 cm³/mol. The fourth-order valence-corrected chi connectivity index (χ4v) is 3.08. The van der Waals surface area contributed by atoms with Crippen molar-refractivity contribution in [1.29, 1.82) is 0 Å². The lowest BCUT2D eigenvalue weighted by Crippen LogP contribution is -2.42. The van der Waals surface area contributed by atoms with Crippen LogP contribution in [0.2, 0.25) is 0 Å². The van der Waals surface area contributed by atoms with E-state index in [2.05, 4.69) is 24.2 Å². The summed E-state index contributed by atoms with van der Waals surface area (Å²) in [6, 6.07) is 0. The molecular weight excluding hydrogens is 192 g/mol. The highest BCUT2D eigenvalue weighted by atomic mass is 32.2. The third-order valence-electron chi connectivity index (χ3n) is 3.40. The highest BCUT2D eigenvalue weighted by Crippen LogP contribution is 2.31. The van der Waals surface area contributed by atoms with Crippen LogP contribution >= 0.6 is 11.8 Å². The maximum Gasteiger partial charge on any atom is 0.157 e. The Balaban J connectivity index is 1.88. The van der Waals surface area contributed by atoms with E-state index in [1.54, 1.807) is 0 Å². The van der Waals surface area contributed by atoms with Crippen LogP contribution in [-0.4, -0.2) is 23.0 Å². The Kier molecular flexibility index (Phi) is 3.05. The van der Waals surface area contributed by atoms with Crippen molar-refractivity contribution in [3.05, 3.63) is 0 Å². The van der Waals surface area contributed by atoms with E-state index >= 15 is 0 Å². The summed E-state index contributed by atoms with van der Waals surface area (Å²) < 4.78 is 0. The summed E-state index contributed by atoms with van der Waals surface area (Å²) in [4.78, 5) is 4.64. The summed E-state index contributed by atoms with van der Waals surface area (Å²) >= 11 is 1.91. The summed E-state index contributed by atoms with van der Waals surface area (Å²) in [6.07, 6.45) is 5.21. The molecule has 1 saturated heterocycles. The highest BCUT2D eigenvalue weighted by molar-refractivity contribution is 8.14. The van der Waals surface area contributed by atoms with Gasteiger partial charge in [-0.15, -0.1) is 0 Å². The normalized spacial score (nSPS) is 28.0. The van der Waals surface area contributed by atoms with Gasteiger partial charge in [-0.25, -0.2) is 0 Å². The van der Waals surface area contributed by atoms with Crippen molar-refractivity contribution in [3.63, 3.8) is 0 Å². The average molecular weight is 212 g/mol. The topological polar surface area (TPSA) is 24.4 Å². The van der Waals surface area contributed by atoms with Crippen molar-refractivity contribution in [3.8, 4) is 0 Å². The van der Waals surface area contributed by atoms with E-state index in [9.17, 15) is 0 Å². The minimum Gasteiger partial charge on any atom is -0.359 e. The number of rotatable bonds is 4. The lowest BCUT2D eigenvalue weighted by atomic mass is 9.96. The Labute approximate surface area is 90.9 Å². The summed E-state index contributed by atoms with van der Waals surface area (Å²) in [5.41, 5.74) is 0.340. The Morgan fingerprint density at radius 2 is 2.14 bits per heavy atom. The molecule has 0 amide bonds. The van der Waals surface area contributed by atoms with E-state index in [-0.39, 0.29) is 0 Å². The summed E-state index contributed by atoms with van der Waals surface area (Å²) in [6.45, 7) is 5.58. The molecule has 1 aliphatic carbocycles. The van der Waals surface area contributed by atoms with Crippen LogP contribution in [0, 0.1) is 5.92 Å². The van der Waals surface area contributed by atoms with E-state index in [1.807, 2.05) is 11.8 Å². The van der Waals surface area contributed by atoms with E-state index in [4.69, 9.17) is 0 Å². The molecule has 80 valence electrons. The van der Waals surface area contributed by atoms with Gasteiger partial charge in [0.25, 0.3) is 0 Å². The van der Waals surface area contributed by atoms with Crippen LogP contribution in [-0.2, 0) is 0 Å². The second-order valence-electron chi connectivity index (χ2n) is 4.49. The first-order valence-corrected chi connectivity index (χ1v) is 6.72. The van der Waals surface area contributed by atoms with E-state index in [0.29, 0.717) is 5.54 Å².